The predicted octanol–water partition coefficient (Wildman–Crippen LogP) is 2.59. The van der Waals surface area contributed by atoms with E-state index in [-0.39, 0.29) is 5.02 Å². The fraction of sp³-hybridized carbons (Fsp3) is 0.0833. The molecule has 0 unspecified atom stereocenters. The smallest absolute Gasteiger partial charge is 0.275 e. The summed E-state index contributed by atoms with van der Waals surface area (Å²) in [6, 6.07) is 7.92. The molecular formula is C12H11ClN4OS. The average molecular weight is 295 g/mol. The van der Waals surface area contributed by atoms with Gasteiger partial charge in [-0.05, 0) is 24.0 Å². The second kappa shape index (κ2) is 6.40. The zero-order chi connectivity index (χ0) is 13.7. The van der Waals surface area contributed by atoms with Gasteiger partial charge in [0.2, 0.25) is 0 Å². The highest BCUT2D eigenvalue weighted by Gasteiger charge is 2.02. The SMILES string of the molecule is CSc1ccc(/C=N/Nc2cn[nH]c(=O)c2Cl)cc1. The van der Waals surface area contributed by atoms with Gasteiger partial charge in [0.1, 0.15) is 10.7 Å². The molecule has 1 aromatic heterocycles. The van der Waals surface area contributed by atoms with Crippen molar-refractivity contribution < 1.29 is 0 Å². The Morgan fingerprint density at radius 1 is 1.42 bits per heavy atom. The van der Waals surface area contributed by atoms with E-state index in [0.29, 0.717) is 5.69 Å². The summed E-state index contributed by atoms with van der Waals surface area (Å²) >= 11 is 7.47. The van der Waals surface area contributed by atoms with Gasteiger partial charge in [0.15, 0.2) is 0 Å². The Morgan fingerprint density at radius 3 is 2.84 bits per heavy atom. The van der Waals surface area contributed by atoms with Gasteiger partial charge >= 0.3 is 0 Å². The summed E-state index contributed by atoms with van der Waals surface area (Å²) in [6.07, 6.45) is 5.06. The van der Waals surface area contributed by atoms with Crippen LogP contribution in [0.1, 0.15) is 5.56 Å². The molecule has 0 amide bonds. The Hall–Kier alpha value is -1.79. The topological polar surface area (TPSA) is 70.1 Å². The average Bonchev–Trinajstić information content (AvgIpc) is 2.44. The van der Waals surface area contributed by atoms with Crippen LogP contribution in [-0.4, -0.2) is 22.7 Å². The molecule has 0 atom stereocenters. The lowest BCUT2D eigenvalue weighted by atomic mass is 10.2. The summed E-state index contributed by atoms with van der Waals surface area (Å²) in [4.78, 5) is 12.4. The Balaban J connectivity index is 2.07. The van der Waals surface area contributed by atoms with Crippen molar-refractivity contribution in [1.82, 2.24) is 10.2 Å². The highest BCUT2D eigenvalue weighted by Crippen LogP contribution is 2.15. The zero-order valence-corrected chi connectivity index (χ0v) is 11.6. The largest absolute Gasteiger partial charge is 0.285 e. The first kappa shape index (κ1) is 13.6. The van der Waals surface area contributed by atoms with E-state index in [4.69, 9.17) is 11.6 Å². The molecule has 0 aliphatic heterocycles. The van der Waals surface area contributed by atoms with Crippen molar-refractivity contribution in [1.29, 1.82) is 0 Å². The summed E-state index contributed by atoms with van der Waals surface area (Å²) in [6.45, 7) is 0. The molecule has 5 nitrogen and oxygen atoms in total. The summed E-state index contributed by atoms with van der Waals surface area (Å²) in [5, 5.41) is 9.90. The minimum Gasteiger partial charge on any atom is -0.275 e. The van der Waals surface area contributed by atoms with Crippen LogP contribution in [0.15, 0.2) is 45.3 Å². The third-order valence-corrected chi connectivity index (χ3v) is 3.43. The van der Waals surface area contributed by atoms with Gasteiger partial charge in [-0.1, -0.05) is 23.7 Å². The number of nitrogens with zero attached hydrogens (tertiary/aromatic N) is 2. The second-order valence-corrected chi connectivity index (χ2v) is 4.83. The van der Waals surface area contributed by atoms with Crippen molar-refractivity contribution in [2.45, 2.75) is 4.90 Å². The molecule has 98 valence electrons. The third-order valence-electron chi connectivity index (χ3n) is 2.31. The number of hydrogen-bond donors (Lipinski definition) is 2. The van der Waals surface area contributed by atoms with Crippen LogP contribution in [0.4, 0.5) is 5.69 Å². The number of hydrogen-bond acceptors (Lipinski definition) is 5. The zero-order valence-electron chi connectivity index (χ0n) is 10.1. The number of nitrogens with one attached hydrogen (secondary N) is 2. The molecule has 0 saturated carbocycles. The Kier molecular flexibility index (Phi) is 4.59. The van der Waals surface area contributed by atoms with Crippen molar-refractivity contribution in [3.05, 3.63) is 51.4 Å². The van der Waals surface area contributed by atoms with E-state index in [1.807, 2.05) is 30.5 Å². The van der Waals surface area contributed by atoms with Crippen molar-refractivity contribution in [3.63, 3.8) is 0 Å². The molecule has 0 bridgehead atoms. The highest BCUT2D eigenvalue weighted by molar-refractivity contribution is 7.98. The molecule has 2 rings (SSSR count). The highest BCUT2D eigenvalue weighted by atomic mass is 35.5. The van der Waals surface area contributed by atoms with Gasteiger partial charge < -0.3 is 0 Å². The first-order valence-corrected chi connectivity index (χ1v) is 6.97. The van der Waals surface area contributed by atoms with Gasteiger partial charge in [0.25, 0.3) is 5.56 Å². The van der Waals surface area contributed by atoms with E-state index in [2.05, 4.69) is 20.7 Å². The molecule has 1 aromatic carbocycles. The number of halogens is 1. The molecule has 7 heteroatoms. The Labute approximate surface area is 119 Å². The number of benzene rings is 1. The van der Waals surface area contributed by atoms with E-state index >= 15 is 0 Å². The molecule has 0 aliphatic carbocycles. The van der Waals surface area contributed by atoms with Gasteiger partial charge in [-0.3, -0.25) is 10.2 Å². The van der Waals surface area contributed by atoms with Crippen LogP contribution in [0.25, 0.3) is 0 Å². The van der Waals surface area contributed by atoms with Crippen LogP contribution in [-0.2, 0) is 0 Å². The number of anilines is 1. The van der Waals surface area contributed by atoms with E-state index in [1.54, 1.807) is 18.0 Å². The van der Waals surface area contributed by atoms with E-state index in [0.717, 1.165) is 5.56 Å². The van der Waals surface area contributed by atoms with Crippen LogP contribution in [0.3, 0.4) is 0 Å². The lowest BCUT2D eigenvalue weighted by Crippen LogP contribution is -2.10. The molecule has 1 heterocycles. The second-order valence-electron chi connectivity index (χ2n) is 3.57. The fourth-order valence-corrected chi connectivity index (χ4v) is 1.87. The summed E-state index contributed by atoms with van der Waals surface area (Å²) in [7, 11) is 0. The maximum absolute atomic E-state index is 11.2. The number of aromatic amines is 1. The molecule has 0 fully saturated rings. The number of H-pyrrole nitrogens is 1. The quantitative estimate of drug-likeness (QED) is 0.516. The monoisotopic (exact) mass is 294 g/mol. The third kappa shape index (κ3) is 3.59. The summed E-state index contributed by atoms with van der Waals surface area (Å²) in [5.41, 5.74) is 3.54. The molecule has 0 spiro atoms. The molecule has 2 aromatic rings. The first-order valence-electron chi connectivity index (χ1n) is 5.37. The number of aromatic nitrogens is 2. The predicted molar refractivity (Wildman–Crippen MR) is 79.3 cm³/mol. The maximum atomic E-state index is 11.2. The van der Waals surface area contributed by atoms with E-state index in [9.17, 15) is 4.79 Å². The Morgan fingerprint density at radius 2 is 2.16 bits per heavy atom. The minimum atomic E-state index is -0.453. The molecule has 2 N–H and O–H groups in total. The lowest BCUT2D eigenvalue weighted by Gasteiger charge is -2.00. The van der Waals surface area contributed by atoms with Crippen LogP contribution < -0.4 is 11.0 Å². The van der Waals surface area contributed by atoms with Crippen LogP contribution >= 0.6 is 23.4 Å². The summed E-state index contributed by atoms with van der Waals surface area (Å²) in [5.74, 6) is 0. The summed E-state index contributed by atoms with van der Waals surface area (Å²) < 4.78 is 0. The molecular weight excluding hydrogens is 284 g/mol. The molecule has 0 aliphatic rings. The van der Waals surface area contributed by atoms with Crippen molar-refractivity contribution >= 4 is 35.3 Å². The molecule has 19 heavy (non-hydrogen) atoms. The first-order chi connectivity index (χ1) is 9.20. The number of thioether (sulfide) groups is 1. The van der Waals surface area contributed by atoms with Gasteiger partial charge in [-0.25, -0.2) is 5.10 Å². The van der Waals surface area contributed by atoms with Gasteiger partial charge in [0.05, 0.1) is 12.4 Å². The standard InChI is InChI=1S/C12H11ClN4OS/c1-19-9-4-2-8(3-5-9)6-14-16-10-7-15-17-12(18)11(10)13/h2-7H,1H3,(H2,16,17,18)/b14-6+. The lowest BCUT2D eigenvalue weighted by molar-refractivity contribution is 0.987. The molecule has 0 radical (unpaired) electrons. The van der Waals surface area contributed by atoms with E-state index in [1.165, 1.54) is 11.1 Å². The van der Waals surface area contributed by atoms with Crippen molar-refractivity contribution in [2.24, 2.45) is 5.10 Å². The van der Waals surface area contributed by atoms with Crippen molar-refractivity contribution in [3.8, 4) is 0 Å². The normalized spacial score (nSPS) is 10.8. The van der Waals surface area contributed by atoms with Crippen LogP contribution in [0.2, 0.25) is 5.02 Å². The van der Waals surface area contributed by atoms with Crippen molar-refractivity contribution in [2.75, 3.05) is 11.7 Å². The maximum Gasteiger partial charge on any atom is 0.285 e. The van der Waals surface area contributed by atoms with Gasteiger partial charge in [-0.2, -0.15) is 10.2 Å². The minimum absolute atomic E-state index is 0.0323. The molecule has 0 saturated heterocycles. The fourth-order valence-electron chi connectivity index (χ4n) is 1.33. The Bertz CT molecular complexity index is 639. The number of rotatable bonds is 4. The van der Waals surface area contributed by atoms with Crippen LogP contribution in [0, 0.1) is 0 Å². The van der Waals surface area contributed by atoms with Crippen LogP contribution in [0.5, 0.6) is 0 Å². The van der Waals surface area contributed by atoms with Gasteiger partial charge in [0, 0.05) is 4.90 Å². The van der Waals surface area contributed by atoms with Gasteiger partial charge in [-0.15, -0.1) is 11.8 Å². The number of hydrazone groups is 1. The van der Waals surface area contributed by atoms with E-state index < -0.39 is 5.56 Å².